The summed E-state index contributed by atoms with van der Waals surface area (Å²) in [4.78, 5) is 3.26. The fourth-order valence-corrected chi connectivity index (χ4v) is 3.69. The second-order valence-corrected chi connectivity index (χ2v) is 6.14. The van der Waals surface area contributed by atoms with Crippen LogP contribution in [-0.4, -0.2) is 17.5 Å². The maximum atomic E-state index is 9.49. The summed E-state index contributed by atoms with van der Waals surface area (Å²) in [7, 11) is 0. The van der Waals surface area contributed by atoms with E-state index in [2.05, 4.69) is 30.1 Å². The summed E-state index contributed by atoms with van der Waals surface area (Å²) in [6, 6.07) is 8.61. The molecule has 1 heterocycles. The van der Waals surface area contributed by atoms with Crippen molar-refractivity contribution in [1.29, 1.82) is 5.26 Å². The van der Waals surface area contributed by atoms with Crippen molar-refractivity contribution in [3.8, 4) is 6.07 Å². The fraction of sp³-hybridized carbons (Fsp3) is 0.308. The van der Waals surface area contributed by atoms with Crippen LogP contribution in [0, 0.1) is 18.3 Å². The fourth-order valence-electron chi connectivity index (χ4n) is 2.08. The first-order valence-electron chi connectivity index (χ1n) is 5.27. The molecule has 0 aliphatic carbocycles. The van der Waals surface area contributed by atoms with Gasteiger partial charge in [-0.15, -0.1) is 23.5 Å². The minimum Gasteiger partial charge on any atom is -0.361 e. The van der Waals surface area contributed by atoms with Crippen molar-refractivity contribution in [2.24, 2.45) is 0 Å². The molecule has 0 atom stereocenters. The predicted octanol–water partition coefficient (Wildman–Crippen LogP) is 3.88. The maximum Gasteiger partial charge on any atom is 0.175 e. The topological polar surface area (TPSA) is 39.6 Å². The van der Waals surface area contributed by atoms with Gasteiger partial charge in [-0.05, 0) is 31.1 Å². The van der Waals surface area contributed by atoms with Gasteiger partial charge in [-0.3, -0.25) is 0 Å². The standard InChI is InChI=1S/C13H14N2S2/c1-9-5-4-6-11-12(9)10(7-15-11)13(8-14,16-2)17-3/h4-7,15H,1-3H3. The van der Waals surface area contributed by atoms with Crippen LogP contribution in [0.1, 0.15) is 11.1 Å². The Morgan fingerprint density at radius 1 is 1.29 bits per heavy atom. The zero-order chi connectivity index (χ0) is 12.5. The van der Waals surface area contributed by atoms with Gasteiger partial charge in [0, 0.05) is 22.7 Å². The monoisotopic (exact) mass is 262 g/mol. The number of nitrogens with zero attached hydrogens (tertiary/aromatic N) is 1. The van der Waals surface area contributed by atoms with Crippen molar-refractivity contribution in [3.05, 3.63) is 35.5 Å². The Balaban J connectivity index is 2.76. The Morgan fingerprint density at radius 2 is 2.00 bits per heavy atom. The molecule has 17 heavy (non-hydrogen) atoms. The van der Waals surface area contributed by atoms with Crippen molar-refractivity contribution in [3.63, 3.8) is 0 Å². The first kappa shape index (κ1) is 12.4. The van der Waals surface area contributed by atoms with Gasteiger partial charge in [-0.2, -0.15) is 5.26 Å². The average Bonchev–Trinajstić information content (AvgIpc) is 2.78. The number of aromatic nitrogens is 1. The first-order chi connectivity index (χ1) is 8.18. The molecule has 0 spiro atoms. The molecule has 0 saturated carbocycles. The number of rotatable bonds is 3. The summed E-state index contributed by atoms with van der Waals surface area (Å²) in [6.07, 6.45) is 5.93. The summed E-state index contributed by atoms with van der Waals surface area (Å²) >= 11 is 3.16. The van der Waals surface area contributed by atoms with E-state index in [4.69, 9.17) is 0 Å². The van der Waals surface area contributed by atoms with Crippen LogP contribution in [0.15, 0.2) is 24.4 Å². The quantitative estimate of drug-likeness (QED) is 0.853. The summed E-state index contributed by atoms with van der Waals surface area (Å²) in [6.45, 7) is 2.09. The molecule has 1 aromatic heterocycles. The highest BCUT2D eigenvalue weighted by atomic mass is 32.2. The number of H-pyrrole nitrogens is 1. The molecule has 4 heteroatoms. The Labute approximate surface area is 110 Å². The van der Waals surface area contributed by atoms with Gasteiger partial charge in [-0.25, -0.2) is 0 Å². The summed E-state index contributed by atoms with van der Waals surface area (Å²) in [5.74, 6) is 0. The number of nitriles is 1. The van der Waals surface area contributed by atoms with E-state index in [0.29, 0.717) is 0 Å². The third-order valence-electron chi connectivity index (χ3n) is 2.99. The number of aryl methyl sites for hydroxylation is 1. The molecule has 1 aromatic carbocycles. The van der Waals surface area contributed by atoms with Crippen molar-refractivity contribution < 1.29 is 0 Å². The molecule has 0 aliphatic rings. The number of hydrogen-bond donors (Lipinski definition) is 1. The molecule has 2 rings (SSSR count). The van der Waals surface area contributed by atoms with Crippen LogP contribution >= 0.6 is 23.5 Å². The van der Waals surface area contributed by atoms with E-state index in [1.807, 2.05) is 24.8 Å². The zero-order valence-electron chi connectivity index (χ0n) is 10.1. The highest BCUT2D eigenvalue weighted by Crippen LogP contribution is 2.46. The van der Waals surface area contributed by atoms with Crippen molar-refractivity contribution in [2.45, 2.75) is 11.0 Å². The summed E-state index contributed by atoms with van der Waals surface area (Å²) in [5.41, 5.74) is 3.39. The smallest absolute Gasteiger partial charge is 0.175 e. The SMILES string of the molecule is CSC(C#N)(SC)c1c[nH]c2cccc(C)c12. The van der Waals surface area contributed by atoms with Gasteiger partial charge < -0.3 is 4.98 Å². The number of aromatic amines is 1. The average molecular weight is 262 g/mol. The van der Waals surface area contributed by atoms with Crippen LogP contribution in [0.2, 0.25) is 0 Å². The largest absolute Gasteiger partial charge is 0.361 e. The minimum absolute atomic E-state index is 0.523. The Kier molecular flexibility index (Phi) is 3.41. The van der Waals surface area contributed by atoms with E-state index in [9.17, 15) is 5.26 Å². The van der Waals surface area contributed by atoms with Crippen LogP contribution in [0.3, 0.4) is 0 Å². The molecule has 0 fully saturated rings. The molecule has 0 unspecified atom stereocenters. The molecule has 2 nitrogen and oxygen atoms in total. The summed E-state index contributed by atoms with van der Waals surface area (Å²) in [5, 5.41) is 10.7. The van der Waals surface area contributed by atoms with Gasteiger partial charge in [-0.1, -0.05) is 12.1 Å². The molecular weight excluding hydrogens is 248 g/mol. The van der Waals surface area contributed by atoms with Gasteiger partial charge in [0.2, 0.25) is 0 Å². The highest BCUT2D eigenvalue weighted by molar-refractivity contribution is 8.17. The molecule has 2 aromatic rings. The molecule has 0 radical (unpaired) electrons. The van der Waals surface area contributed by atoms with E-state index in [-0.39, 0.29) is 0 Å². The van der Waals surface area contributed by atoms with Crippen molar-refractivity contribution in [2.75, 3.05) is 12.5 Å². The van der Waals surface area contributed by atoms with E-state index in [0.717, 1.165) is 11.1 Å². The number of nitrogens with one attached hydrogen (secondary N) is 1. The molecule has 0 amide bonds. The van der Waals surface area contributed by atoms with Crippen molar-refractivity contribution in [1.82, 2.24) is 4.98 Å². The van der Waals surface area contributed by atoms with Crippen LogP contribution < -0.4 is 0 Å². The van der Waals surface area contributed by atoms with Gasteiger partial charge in [0.15, 0.2) is 4.08 Å². The number of fused-ring (bicyclic) bond motifs is 1. The lowest BCUT2D eigenvalue weighted by Crippen LogP contribution is -2.13. The van der Waals surface area contributed by atoms with Crippen LogP contribution in [0.4, 0.5) is 0 Å². The Morgan fingerprint density at radius 3 is 2.59 bits per heavy atom. The zero-order valence-corrected chi connectivity index (χ0v) is 11.7. The van der Waals surface area contributed by atoms with Crippen LogP contribution in [-0.2, 0) is 4.08 Å². The van der Waals surface area contributed by atoms with Gasteiger partial charge >= 0.3 is 0 Å². The number of hydrogen-bond acceptors (Lipinski definition) is 3. The lowest BCUT2D eigenvalue weighted by Gasteiger charge is -2.21. The Hall–Kier alpha value is -1.05. The van der Waals surface area contributed by atoms with Gasteiger partial charge in [0.25, 0.3) is 0 Å². The van der Waals surface area contributed by atoms with Crippen LogP contribution in [0.5, 0.6) is 0 Å². The van der Waals surface area contributed by atoms with E-state index < -0.39 is 4.08 Å². The first-order valence-corrected chi connectivity index (χ1v) is 7.72. The molecule has 0 saturated heterocycles. The molecular formula is C13H14N2S2. The van der Waals surface area contributed by atoms with Gasteiger partial charge in [0.1, 0.15) is 0 Å². The third kappa shape index (κ3) is 1.84. The molecule has 0 aliphatic heterocycles. The van der Waals surface area contributed by atoms with E-state index in [1.54, 1.807) is 23.5 Å². The second-order valence-electron chi connectivity index (χ2n) is 3.84. The lowest BCUT2D eigenvalue weighted by molar-refractivity contribution is 1.16. The number of thioether (sulfide) groups is 2. The van der Waals surface area contributed by atoms with Crippen molar-refractivity contribution >= 4 is 34.4 Å². The second kappa shape index (κ2) is 4.67. The maximum absolute atomic E-state index is 9.49. The lowest BCUT2D eigenvalue weighted by atomic mass is 10.1. The summed E-state index contributed by atoms with van der Waals surface area (Å²) < 4.78 is -0.523. The number of benzene rings is 1. The normalized spacial score (nSPS) is 11.6. The minimum atomic E-state index is -0.523. The third-order valence-corrected chi connectivity index (χ3v) is 5.76. The predicted molar refractivity (Wildman–Crippen MR) is 77.4 cm³/mol. The molecule has 1 N–H and O–H groups in total. The highest BCUT2D eigenvalue weighted by Gasteiger charge is 2.33. The van der Waals surface area contributed by atoms with Crippen LogP contribution in [0.25, 0.3) is 10.9 Å². The molecule has 88 valence electrons. The van der Waals surface area contributed by atoms with E-state index in [1.165, 1.54) is 10.9 Å². The van der Waals surface area contributed by atoms with E-state index >= 15 is 0 Å². The molecule has 0 bridgehead atoms. The van der Waals surface area contributed by atoms with Gasteiger partial charge in [0.05, 0.1) is 6.07 Å². The Bertz CT molecular complexity index is 577.